The third-order valence-corrected chi connectivity index (χ3v) is 4.82. The molecule has 3 aromatic rings. The number of thiazole rings is 1. The second-order valence-electron chi connectivity index (χ2n) is 5.73. The molecule has 2 aromatic carbocycles. The van der Waals surface area contributed by atoms with Gasteiger partial charge in [0.1, 0.15) is 5.82 Å². The lowest BCUT2D eigenvalue weighted by Gasteiger charge is -2.12. The highest BCUT2D eigenvalue weighted by Crippen LogP contribution is 2.39. The second kappa shape index (κ2) is 6.82. The number of nitrogens with zero attached hydrogens (tertiary/aromatic N) is 2. The molecule has 5 N–H and O–H groups in total. The van der Waals surface area contributed by atoms with Crippen LogP contribution in [0.5, 0.6) is 0 Å². The zero-order valence-electron chi connectivity index (χ0n) is 14.0. The molecule has 0 aliphatic rings. The number of aromatic nitrogens is 1. The van der Waals surface area contributed by atoms with Crippen LogP contribution >= 0.6 is 11.3 Å². The van der Waals surface area contributed by atoms with Gasteiger partial charge in [0, 0.05) is 36.6 Å². The molecule has 0 unspecified atom stereocenters. The van der Waals surface area contributed by atoms with Crippen LogP contribution in [0.25, 0.3) is 10.4 Å². The van der Waals surface area contributed by atoms with E-state index in [0.29, 0.717) is 22.2 Å². The van der Waals surface area contributed by atoms with Gasteiger partial charge in [-0.3, -0.25) is 4.79 Å². The van der Waals surface area contributed by atoms with Gasteiger partial charge in [0.25, 0.3) is 0 Å². The molecular weight excluding hydrogens is 334 g/mol. The molecule has 1 aromatic heterocycles. The van der Waals surface area contributed by atoms with E-state index in [0.717, 1.165) is 28.1 Å². The lowest BCUT2D eigenvalue weighted by molar-refractivity contribution is 0.112. The molecule has 1 heterocycles. The Kier molecular flexibility index (Phi) is 4.58. The topological polar surface area (TPSA) is 97.3 Å². The van der Waals surface area contributed by atoms with Crippen LogP contribution in [-0.2, 0) is 0 Å². The van der Waals surface area contributed by atoms with Gasteiger partial charge in [-0.25, -0.2) is 4.98 Å². The fraction of sp³-hybridized carbons (Fsp3) is 0.111. The normalized spacial score (nSPS) is 10.5. The van der Waals surface area contributed by atoms with Crippen molar-refractivity contribution in [2.24, 2.45) is 0 Å². The molecule has 0 atom stereocenters. The number of nitrogens with one attached hydrogen (secondary N) is 1. The first-order valence-corrected chi connectivity index (χ1v) is 8.46. The molecule has 0 amide bonds. The Balaban J connectivity index is 1.89. The van der Waals surface area contributed by atoms with Crippen LogP contribution in [0, 0.1) is 0 Å². The first kappa shape index (κ1) is 16.8. The molecule has 25 heavy (non-hydrogen) atoms. The van der Waals surface area contributed by atoms with Gasteiger partial charge in [0.15, 0.2) is 11.4 Å². The average Bonchev–Trinajstić information content (AvgIpc) is 2.95. The molecule has 0 saturated carbocycles. The van der Waals surface area contributed by atoms with Crippen molar-refractivity contribution in [3.63, 3.8) is 0 Å². The number of rotatable bonds is 5. The molecular formula is C18H19N5OS. The van der Waals surface area contributed by atoms with Crippen molar-refractivity contribution in [1.82, 2.24) is 4.98 Å². The van der Waals surface area contributed by atoms with E-state index < -0.39 is 0 Å². The number of anilines is 5. The zero-order chi connectivity index (χ0) is 18.0. The summed E-state index contributed by atoms with van der Waals surface area (Å²) in [5, 5.41) is 3.92. The van der Waals surface area contributed by atoms with Gasteiger partial charge in [-0.1, -0.05) is 23.5 Å². The van der Waals surface area contributed by atoms with E-state index in [9.17, 15) is 4.79 Å². The van der Waals surface area contributed by atoms with Crippen molar-refractivity contribution in [2.75, 3.05) is 35.8 Å². The van der Waals surface area contributed by atoms with Crippen molar-refractivity contribution in [3.05, 3.63) is 48.0 Å². The van der Waals surface area contributed by atoms with E-state index in [4.69, 9.17) is 11.5 Å². The predicted octanol–water partition coefficient (Wildman–Crippen LogP) is 3.60. The maximum absolute atomic E-state index is 11.1. The molecule has 0 bridgehead atoms. The average molecular weight is 353 g/mol. The minimum atomic E-state index is 0.382. The first-order valence-electron chi connectivity index (χ1n) is 7.64. The maximum Gasteiger partial charge on any atom is 0.189 e. The van der Waals surface area contributed by atoms with E-state index >= 15 is 0 Å². The number of benzene rings is 2. The van der Waals surface area contributed by atoms with Crippen LogP contribution in [0.4, 0.5) is 28.0 Å². The van der Waals surface area contributed by atoms with Gasteiger partial charge in [-0.15, -0.1) is 0 Å². The monoisotopic (exact) mass is 353 g/mol. The zero-order valence-corrected chi connectivity index (χ0v) is 14.8. The summed E-state index contributed by atoms with van der Waals surface area (Å²) < 4.78 is 0. The molecule has 0 radical (unpaired) electrons. The highest BCUT2D eigenvalue weighted by atomic mass is 32.1. The summed E-state index contributed by atoms with van der Waals surface area (Å²) in [7, 11) is 3.99. The minimum Gasteiger partial charge on any atom is -0.398 e. The summed E-state index contributed by atoms with van der Waals surface area (Å²) in [6.45, 7) is 0. The first-order chi connectivity index (χ1) is 12.0. The van der Waals surface area contributed by atoms with Crippen molar-refractivity contribution < 1.29 is 4.79 Å². The molecule has 128 valence electrons. The number of para-hydroxylation sites is 1. The predicted molar refractivity (Wildman–Crippen MR) is 106 cm³/mol. The van der Waals surface area contributed by atoms with Crippen molar-refractivity contribution in [2.45, 2.75) is 0 Å². The summed E-state index contributed by atoms with van der Waals surface area (Å²) in [5.41, 5.74) is 15.7. The minimum absolute atomic E-state index is 0.382. The Labute approximate surface area is 150 Å². The lowest BCUT2D eigenvalue weighted by atomic mass is 10.1. The standard InChI is InChI=1S/C18H19N5OS/c1-23(2)13-8-6-12(7-9-13)21-18-22-17(20)16(25-18)14-5-3-4-11(10-24)15(14)19/h3-10H,19-20H2,1-2H3,(H,21,22). The molecule has 7 heteroatoms. The third kappa shape index (κ3) is 3.41. The number of carbonyl (C=O) groups is 1. The Morgan fingerprint density at radius 2 is 1.84 bits per heavy atom. The smallest absolute Gasteiger partial charge is 0.189 e. The molecule has 0 aliphatic heterocycles. The maximum atomic E-state index is 11.1. The van der Waals surface area contributed by atoms with Crippen LogP contribution in [0.2, 0.25) is 0 Å². The molecule has 3 rings (SSSR count). The number of carbonyl (C=O) groups excluding carboxylic acids is 1. The number of hydrogen-bond donors (Lipinski definition) is 3. The Hall–Kier alpha value is -3.06. The van der Waals surface area contributed by atoms with Gasteiger partial charge in [-0.05, 0) is 30.3 Å². The molecule has 0 spiro atoms. The summed E-state index contributed by atoms with van der Waals surface area (Å²) >= 11 is 1.40. The summed E-state index contributed by atoms with van der Waals surface area (Å²) in [4.78, 5) is 18.2. The van der Waals surface area contributed by atoms with Crippen LogP contribution < -0.4 is 21.7 Å². The second-order valence-corrected chi connectivity index (χ2v) is 6.73. The molecule has 0 aliphatic carbocycles. The van der Waals surface area contributed by atoms with Crippen LogP contribution in [0.15, 0.2) is 42.5 Å². The van der Waals surface area contributed by atoms with Crippen molar-refractivity contribution >= 4 is 45.6 Å². The highest BCUT2D eigenvalue weighted by molar-refractivity contribution is 7.19. The molecule has 6 nitrogen and oxygen atoms in total. The quantitative estimate of drug-likeness (QED) is 0.479. The Morgan fingerprint density at radius 1 is 1.12 bits per heavy atom. The van der Waals surface area contributed by atoms with Crippen LogP contribution in [-0.4, -0.2) is 25.4 Å². The van der Waals surface area contributed by atoms with Gasteiger partial charge in [0.2, 0.25) is 0 Å². The third-order valence-electron chi connectivity index (χ3n) is 3.80. The van der Waals surface area contributed by atoms with E-state index in [1.807, 2.05) is 49.3 Å². The Bertz CT molecular complexity index is 902. The SMILES string of the molecule is CN(C)c1ccc(Nc2nc(N)c(-c3cccc(C=O)c3N)s2)cc1. The van der Waals surface area contributed by atoms with E-state index in [2.05, 4.69) is 10.3 Å². The van der Waals surface area contributed by atoms with Gasteiger partial charge in [-0.2, -0.15) is 0 Å². The lowest BCUT2D eigenvalue weighted by Crippen LogP contribution is -2.08. The highest BCUT2D eigenvalue weighted by Gasteiger charge is 2.15. The number of aldehydes is 1. The van der Waals surface area contributed by atoms with Gasteiger partial charge >= 0.3 is 0 Å². The largest absolute Gasteiger partial charge is 0.398 e. The van der Waals surface area contributed by atoms with E-state index in [1.165, 1.54) is 11.3 Å². The summed E-state index contributed by atoms with van der Waals surface area (Å²) in [6, 6.07) is 13.3. The fourth-order valence-electron chi connectivity index (χ4n) is 2.43. The number of hydrogen-bond acceptors (Lipinski definition) is 7. The van der Waals surface area contributed by atoms with Crippen LogP contribution in [0.1, 0.15) is 10.4 Å². The number of nitrogen functional groups attached to an aromatic ring is 2. The van der Waals surface area contributed by atoms with E-state index in [-0.39, 0.29) is 0 Å². The van der Waals surface area contributed by atoms with Crippen molar-refractivity contribution in [3.8, 4) is 10.4 Å². The molecule has 0 saturated heterocycles. The summed E-state index contributed by atoms with van der Waals surface area (Å²) in [6.07, 6.45) is 0.738. The number of nitrogens with two attached hydrogens (primary N) is 2. The summed E-state index contributed by atoms with van der Waals surface area (Å²) in [5.74, 6) is 0.382. The van der Waals surface area contributed by atoms with Crippen molar-refractivity contribution in [1.29, 1.82) is 0 Å². The van der Waals surface area contributed by atoms with Gasteiger partial charge in [0.05, 0.1) is 10.6 Å². The Morgan fingerprint density at radius 3 is 2.48 bits per heavy atom. The molecule has 0 fully saturated rings. The van der Waals surface area contributed by atoms with Gasteiger partial charge < -0.3 is 21.7 Å². The van der Waals surface area contributed by atoms with Crippen LogP contribution in [0.3, 0.4) is 0 Å². The fourth-order valence-corrected chi connectivity index (χ4v) is 3.37. The van der Waals surface area contributed by atoms with E-state index in [1.54, 1.807) is 12.1 Å².